The molecule has 0 spiro atoms. The van der Waals surface area contributed by atoms with Crippen LogP contribution in [0.5, 0.6) is 0 Å². The third kappa shape index (κ3) is 7.07. The van der Waals surface area contributed by atoms with Crippen LogP contribution in [-0.2, 0) is 18.8 Å². The molecule has 11 heteroatoms. The first-order chi connectivity index (χ1) is 19.0. The molecule has 2 heterocycles. The van der Waals surface area contributed by atoms with Gasteiger partial charge in [0, 0.05) is 35.8 Å². The zero-order valence-electron chi connectivity index (χ0n) is 22.1. The van der Waals surface area contributed by atoms with E-state index in [0.717, 1.165) is 44.1 Å². The van der Waals surface area contributed by atoms with Crippen molar-refractivity contribution in [2.75, 3.05) is 25.0 Å². The van der Waals surface area contributed by atoms with Crippen LogP contribution in [-0.4, -0.2) is 39.5 Å². The van der Waals surface area contributed by atoms with Crippen molar-refractivity contribution in [2.45, 2.75) is 45.5 Å². The summed E-state index contributed by atoms with van der Waals surface area (Å²) in [5.41, 5.74) is -0.838. The van der Waals surface area contributed by atoms with E-state index in [1.54, 1.807) is 6.07 Å². The summed E-state index contributed by atoms with van der Waals surface area (Å²) in [5.74, 6) is 0.814. The van der Waals surface area contributed by atoms with Crippen LogP contribution in [0.3, 0.4) is 0 Å². The lowest BCUT2D eigenvalue weighted by Crippen LogP contribution is -2.28. The third-order valence-electron chi connectivity index (χ3n) is 6.34. The largest absolute Gasteiger partial charge is 0.418 e. The average Bonchev–Trinajstić information content (AvgIpc) is 2.91. The molecule has 0 bridgehead atoms. The Kier molecular flexibility index (Phi) is 8.92. The average molecular weight is 562 g/mol. The van der Waals surface area contributed by atoms with E-state index >= 15 is 0 Å². The van der Waals surface area contributed by atoms with Gasteiger partial charge in [-0.05, 0) is 74.5 Å². The maximum absolute atomic E-state index is 13.7. The van der Waals surface area contributed by atoms with Gasteiger partial charge in [0.15, 0.2) is 0 Å². The molecule has 0 fully saturated rings. The van der Waals surface area contributed by atoms with Gasteiger partial charge in [-0.15, -0.1) is 0 Å². The van der Waals surface area contributed by atoms with Crippen molar-refractivity contribution in [3.63, 3.8) is 0 Å². The van der Waals surface area contributed by atoms with Crippen LogP contribution in [0.1, 0.15) is 43.6 Å². The topological polar surface area (TPSA) is 53.9 Å². The van der Waals surface area contributed by atoms with Crippen LogP contribution in [0.15, 0.2) is 60.8 Å². The van der Waals surface area contributed by atoms with E-state index in [9.17, 15) is 26.3 Å². The molecule has 0 radical (unpaired) electrons. The molecular weight excluding hydrogens is 532 g/mol. The van der Waals surface area contributed by atoms with Crippen molar-refractivity contribution in [1.29, 1.82) is 0 Å². The Balaban J connectivity index is 1.76. The van der Waals surface area contributed by atoms with Gasteiger partial charge in [-0.2, -0.15) is 26.3 Å². The summed E-state index contributed by atoms with van der Waals surface area (Å²) in [4.78, 5) is 15.6. The van der Waals surface area contributed by atoms with Crippen LogP contribution in [0, 0.1) is 0 Å². The molecule has 212 valence electrons. The molecule has 0 atom stereocenters. The van der Waals surface area contributed by atoms with Gasteiger partial charge in [0.05, 0.1) is 22.3 Å². The molecule has 5 nitrogen and oxygen atoms in total. The Morgan fingerprint density at radius 3 is 2.12 bits per heavy atom. The molecule has 0 aliphatic heterocycles. The van der Waals surface area contributed by atoms with E-state index in [1.807, 2.05) is 0 Å². The van der Waals surface area contributed by atoms with Gasteiger partial charge in [0.25, 0.3) is 0 Å². The summed E-state index contributed by atoms with van der Waals surface area (Å²) in [5, 5.41) is 3.58. The lowest BCUT2D eigenvalue weighted by Gasteiger charge is -2.20. The second-order valence-electron chi connectivity index (χ2n) is 9.41. The van der Waals surface area contributed by atoms with Crippen molar-refractivity contribution >= 4 is 22.4 Å². The lowest BCUT2D eigenvalue weighted by molar-refractivity contribution is -0.138. The molecule has 1 N–H and O–H groups in total. The normalized spacial score (nSPS) is 12.3. The molecule has 0 aliphatic carbocycles. The van der Waals surface area contributed by atoms with Gasteiger partial charge in [-0.1, -0.05) is 19.9 Å². The number of pyridine rings is 1. The summed E-state index contributed by atoms with van der Waals surface area (Å²) in [6.07, 6.45) is -5.31. The molecular formula is C29H29F6N5. The standard InChI is InChI=1S/C29H29F6N5/c1-3-15-40(16-4-2)17-13-25-38-24-18-19(26-23(29(33,34)35)6-5-14-36-26)7-12-22(24)27(39-25)37-21-10-8-20(9-11-21)28(30,31)32/h5-12,14,18H,3-4,13,15-17H2,1-2H3,(H,37,38,39). The van der Waals surface area contributed by atoms with Crippen LogP contribution < -0.4 is 5.32 Å². The molecule has 0 saturated heterocycles. The molecule has 0 unspecified atom stereocenters. The summed E-state index contributed by atoms with van der Waals surface area (Å²) >= 11 is 0. The Morgan fingerprint density at radius 2 is 1.50 bits per heavy atom. The summed E-state index contributed by atoms with van der Waals surface area (Å²) in [6, 6.07) is 11.4. The quantitative estimate of drug-likeness (QED) is 0.198. The highest BCUT2D eigenvalue weighted by molar-refractivity contribution is 5.93. The van der Waals surface area contributed by atoms with Crippen molar-refractivity contribution in [3.8, 4) is 11.3 Å². The Morgan fingerprint density at radius 1 is 0.800 bits per heavy atom. The number of fused-ring (bicyclic) bond motifs is 1. The maximum Gasteiger partial charge on any atom is 0.418 e. The first-order valence-electron chi connectivity index (χ1n) is 13.0. The van der Waals surface area contributed by atoms with E-state index in [2.05, 4.69) is 39.0 Å². The fourth-order valence-corrected chi connectivity index (χ4v) is 4.50. The fraction of sp³-hybridized carbons (Fsp3) is 0.345. The number of rotatable bonds is 10. The first-order valence-corrected chi connectivity index (χ1v) is 13.0. The molecule has 2 aromatic carbocycles. The number of aromatic nitrogens is 3. The minimum Gasteiger partial charge on any atom is -0.340 e. The van der Waals surface area contributed by atoms with Gasteiger partial charge < -0.3 is 10.2 Å². The number of alkyl halides is 6. The van der Waals surface area contributed by atoms with E-state index in [4.69, 9.17) is 0 Å². The molecule has 4 rings (SSSR count). The van der Waals surface area contributed by atoms with E-state index in [-0.39, 0.29) is 11.3 Å². The van der Waals surface area contributed by atoms with Gasteiger partial charge in [0.1, 0.15) is 11.6 Å². The van der Waals surface area contributed by atoms with Crippen LogP contribution in [0.2, 0.25) is 0 Å². The Labute approximate surface area is 228 Å². The first kappa shape index (κ1) is 29.3. The van der Waals surface area contributed by atoms with Crippen LogP contribution in [0.25, 0.3) is 22.2 Å². The highest BCUT2D eigenvalue weighted by Gasteiger charge is 2.34. The van der Waals surface area contributed by atoms with Crippen LogP contribution in [0.4, 0.5) is 37.8 Å². The zero-order chi connectivity index (χ0) is 28.9. The fourth-order valence-electron chi connectivity index (χ4n) is 4.50. The SMILES string of the molecule is CCCN(CCC)CCc1nc(Nc2ccc(C(F)(F)F)cc2)c2ccc(-c3ncccc3C(F)(F)F)cc2n1. The van der Waals surface area contributed by atoms with E-state index in [1.165, 1.54) is 36.5 Å². The number of nitrogens with zero attached hydrogens (tertiary/aromatic N) is 4. The number of hydrogen-bond acceptors (Lipinski definition) is 5. The minimum absolute atomic E-state index is 0.216. The molecule has 0 amide bonds. The van der Waals surface area contributed by atoms with Crippen molar-refractivity contribution in [1.82, 2.24) is 19.9 Å². The minimum atomic E-state index is -4.59. The van der Waals surface area contributed by atoms with Crippen molar-refractivity contribution < 1.29 is 26.3 Å². The smallest absolute Gasteiger partial charge is 0.340 e. The van der Waals surface area contributed by atoms with Gasteiger partial charge >= 0.3 is 12.4 Å². The third-order valence-corrected chi connectivity index (χ3v) is 6.34. The van der Waals surface area contributed by atoms with Crippen molar-refractivity contribution in [2.24, 2.45) is 0 Å². The van der Waals surface area contributed by atoms with Gasteiger partial charge in [0.2, 0.25) is 0 Å². The highest BCUT2D eigenvalue weighted by Crippen LogP contribution is 2.37. The number of anilines is 2. The number of nitrogens with one attached hydrogen (secondary N) is 1. The summed E-state index contributed by atoms with van der Waals surface area (Å²) < 4.78 is 80.1. The summed E-state index contributed by atoms with van der Waals surface area (Å²) in [6.45, 7) is 6.68. The van der Waals surface area contributed by atoms with Crippen molar-refractivity contribution in [3.05, 3.63) is 77.7 Å². The van der Waals surface area contributed by atoms with Gasteiger partial charge in [-0.25, -0.2) is 9.97 Å². The number of halogens is 6. The zero-order valence-corrected chi connectivity index (χ0v) is 22.1. The van der Waals surface area contributed by atoms with E-state index in [0.29, 0.717) is 41.2 Å². The molecule has 4 aromatic rings. The Hall–Kier alpha value is -3.73. The molecule has 0 aliphatic rings. The van der Waals surface area contributed by atoms with E-state index < -0.39 is 23.5 Å². The lowest BCUT2D eigenvalue weighted by atomic mass is 10.0. The Bertz CT molecular complexity index is 1430. The predicted octanol–water partition coefficient (Wildman–Crippen LogP) is 8.14. The van der Waals surface area contributed by atoms with Gasteiger partial charge in [-0.3, -0.25) is 4.98 Å². The second kappa shape index (κ2) is 12.2. The van der Waals surface area contributed by atoms with Crippen LogP contribution >= 0.6 is 0 Å². The molecule has 40 heavy (non-hydrogen) atoms. The monoisotopic (exact) mass is 561 g/mol. The molecule has 2 aromatic heterocycles. The second-order valence-corrected chi connectivity index (χ2v) is 9.41. The number of hydrogen-bond donors (Lipinski definition) is 1. The highest BCUT2D eigenvalue weighted by atomic mass is 19.4. The predicted molar refractivity (Wildman–Crippen MR) is 143 cm³/mol. The summed E-state index contributed by atoms with van der Waals surface area (Å²) in [7, 11) is 0. The maximum atomic E-state index is 13.7. The molecule has 0 saturated carbocycles. The number of benzene rings is 2.